The van der Waals surface area contributed by atoms with Gasteiger partial charge < -0.3 is 4.90 Å². The molecule has 0 N–H and O–H groups in total. The molecule has 0 bridgehead atoms. The van der Waals surface area contributed by atoms with Crippen molar-refractivity contribution in [1.82, 2.24) is 0 Å². The van der Waals surface area contributed by atoms with E-state index in [0.29, 0.717) is 22.2 Å². The van der Waals surface area contributed by atoms with Gasteiger partial charge in [0.25, 0.3) is 5.91 Å². The Labute approximate surface area is 185 Å². The van der Waals surface area contributed by atoms with Crippen LogP contribution in [0.1, 0.15) is 18.1 Å². The fourth-order valence-electron chi connectivity index (χ4n) is 3.30. The molecule has 1 aliphatic rings. The normalized spacial score (nSPS) is 14.7. The van der Waals surface area contributed by atoms with Crippen molar-refractivity contribution in [2.75, 3.05) is 16.8 Å². The monoisotopic (exact) mass is 429 g/mol. The quantitative estimate of drug-likeness (QED) is 0.538. The second kappa shape index (κ2) is 8.58. The molecule has 6 heteroatoms. The Balaban J connectivity index is 1.76. The number of rotatable bonds is 4. The third-order valence-corrected chi connectivity index (χ3v) is 5.25. The minimum Gasteiger partial charge on any atom is -0.316 e. The molecule has 0 atom stereocenters. The van der Waals surface area contributed by atoms with Gasteiger partial charge in [0.05, 0.1) is 5.69 Å². The molecule has 5 nitrogen and oxygen atoms in total. The van der Waals surface area contributed by atoms with Crippen molar-refractivity contribution in [2.45, 2.75) is 6.92 Å². The van der Waals surface area contributed by atoms with Gasteiger partial charge in [0.2, 0.25) is 5.91 Å². The summed E-state index contributed by atoms with van der Waals surface area (Å²) in [6.45, 7) is 1.50. The predicted octanol–water partition coefficient (Wildman–Crippen LogP) is 5.16. The Morgan fingerprint density at radius 2 is 1.71 bits per heavy atom. The summed E-state index contributed by atoms with van der Waals surface area (Å²) in [7, 11) is 1.71. The lowest BCUT2D eigenvalue weighted by Crippen LogP contribution is -2.32. The van der Waals surface area contributed by atoms with Crippen LogP contribution in [0, 0.1) is 0 Å². The smallest absolute Gasteiger partial charge is 0.282 e. The van der Waals surface area contributed by atoms with E-state index in [9.17, 15) is 9.59 Å². The highest BCUT2D eigenvalue weighted by atomic mass is 35.5. The molecule has 0 unspecified atom stereocenters. The van der Waals surface area contributed by atoms with Gasteiger partial charge in [-0.2, -0.15) is 0 Å². The third-order valence-electron chi connectivity index (χ3n) is 5.01. The van der Waals surface area contributed by atoms with Crippen LogP contribution < -0.4 is 9.80 Å². The molecule has 4 rings (SSSR count). The van der Waals surface area contributed by atoms with Gasteiger partial charge in [-0.15, -0.1) is 0 Å². The topological polar surface area (TPSA) is 53.0 Å². The Morgan fingerprint density at radius 1 is 1.00 bits per heavy atom. The van der Waals surface area contributed by atoms with Crippen LogP contribution in [-0.4, -0.2) is 24.7 Å². The second-order valence-electron chi connectivity index (χ2n) is 7.12. The first-order valence-corrected chi connectivity index (χ1v) is 10.1. The summed E-state index contributed by atoms with van der Waals surface area (Å²) < 4.78 is 0. The van der Waals surface area contributed by atoms with Crippen LogP contribution in [0.2, 0.25) is 5.02 Å². The highest BCUT2D eigenvalue weighted by molar-refractivity contribution is 6.33. The number of amides is 2. The van der Waals surface area contributed by atoms with Crippen LogP contribution in [0.25, 0.3) is 6.08 Å². The van der Waals surface area contributed by atoms with E-state index in [1.165, 1.54) is 6.92 Å². The Hall–Kier alpha value is -3.70. The van der Waals surface area contributed by atoms with Crippen molar-refractivity contribution >= 4 is 46.7 Å². The van der Waals surface area contributed by atoms with Gasteiger partial charge in [-0.3, -0.25) is 14.5 Å². The van der Waals surface area contributed by atoms with Crippen molar-refractivity contribution in [3.63, 3.8) is 0 Å². The molecule has 0 saturated heterocycles. The molecule has 0 fully saturated rings. The first-order chi connectivity index (χ1) is 14.9. The number of halogens is 1. The fourth-order valence-corrected chi connectivity index (χ4v) is 3.50. The summed E-state index contributed by atoms with van der Waals surface area (Å²) >= 11 is 6.09. The zero-order chi connectivity index (χ0) is 22.0. The second-order valence-corrected chi connectivity index (χ2v) is 7.56. The van der Waals surface area contributed by atoms with E-state index in [4.69, 9.17) is 11.6 Å². The lowest BCUT2D eigenvalue weighted by atomic mass is 10.1. The molecule has 0 radical (unpaired) electrons. The van der Waals surface area contributed by atoms with Gasteiger partial charge in [-0.05, 0) is 48.0 Å². The first-order valence-electron chi connectivity index (χ1n) is 9.74. The van der Waals surface area contributed by atoms with Crippen molar-refractivity contribution in [3.8, 4) is 0 Å². The molecule has 3 aromatic rings. The van der Waals surface area contributed by atoms with Crippen LogP contribution in [0.15, 0.2) is 89.6 Å². The standard InChI is InChI=1S/C25H20ClN3O2/c1-17(30)28(2)21-11-13-22(14-12-21)29-24(19-8-4-3-5-9-19)27-23(25(29)31)16-18-7-6-10-20(26)15-18/h3-16H,1-2H3/b23-16+. The van der Waals surface area contributed by atoms with E-state index >= 15 is 0 Å². The highest BCUT2D eigenvalue weighted by Crippen LogP contribution is 2.29. The average molecular weight is 430 g/mol. The minimum absolute atomic E-state index is 0.0664. The van der Waals surface area contributed by atoms with E-state index in [-0.39, 0.29) is 11.8 Å². The van der Waals surface area contributed by atoms with Crippen LogP contribution in [0.5, 0.6) is 0 Å². The molecule has 0 saturated carbocycles. The molecule has 0 aromatic heterocycles. The SMILES string of the molecule is CC(=O)N(C)c1ccc(N2C(=O)/C(=C\c3cccc(Cl)c3)N=C2c2ccccc2)cc1. The van der Waals surface area contributed by atoms with E-state index in [2.05, 4.69) is 4.99 Å². The first kappa shape index (κ1) is 20.6. The maximum atomic E-state index is 13.4. The third kappa shape index (κ3) is 4.27. The molecular weight excluding hydrogens is 410 g/mol. The molecule has 154 valence electrons. The Morgan fingerprint density at radius 3 is 2.35 bits per heavy atom. The number of benzene rings is 3. The Kier molecular flexibility index (Phi) is 5.69. The van der Waals surface area contributed by atoms with E-state index < -0.39 is 0 Å². The lowest BCUT2D eigenvalue weighted by Gasteiger charge is -2.20. The van der Waals surface area contributed by atoms with Gasteiger partial charge in [-0.1, -0.05) is 54.1 Å². The lowest BCUT2D eigenvalue weighted by molar-refractivity contribution is -0.116. The molecular formula is C25H20ClN3O2. The molecule has 1 heterocycles. The summed E-state index contributed by atoms with van der Waals surface area (Å²) in [5.74, 6) is 0.251. The van der Waals surface area contributed by atoms with Gasteiger partial charge in [0.1, 0.15) is 11.5 Å². The van der Waals surface area contributed by atoms with Crippen molar-refractivity contribution in [1.29, 1.82) is 0 Å². The summed E-state index contributed by atoms with van der Waals surface area (Å²) in [6, 6.07) is 24.1. The number of aliphatic imine (C=N–C) groups is 1. The number of carbonyl (C=O) groups excluding carboxylic acids is 2. The van der Waals surface area contributed by atoms with Crippen molar-refractivity contribution in [3.05, 3.63) is 101 Å². The number of carbonyl (C=O) groups is 2. The van der Waals surface area contributed by atoms with Crippen molar-refractivity contribution in [2.24, 2.45) is 4.99 Å². The molecule has 31 heavy (non-hydrogen) atoms. The number of anilines is 2. The van der Waals surface area contributed by atoms with Crippen molar-refractivity contribution < 1.29 is 9.59 Å². The van der Waals surface area contributed by atoms with Crippen LogP contribution >= 0.6 is 11.6 Å². The summed E-state index contributed by atoms with van der Waals surface area (Å²) in [5.41, 5.74) is 3.37. The maximum absolute atomic E-state index is 13.4. The van der Waals surface area contributed by atoms with Crippen LogP contribution in [0.4, 0.5) is 11.4 Å². The zero-order valence-electron chi connectivity index (χ0n) is 17.1. The fraction of sp³-hybridized carbons (Fsp3) is 0.0800. The largest absolute Gasteiger partial charge is 0.316 e. The molecule has 0 aliphatic carbocycles. The average Bonchev–Trinajstić information content (AvgIpc) is 3.10. The van der Waals surface area contributed by atoms with E-state index in [1.54, 1.807) is 35.1 Å². The number of hydrogen-bond acceptors (Lipinski definition) is 3. The highest BCUT2D eigenvalue weighted by Gasteiger charge is 2.32. The zero-order valence-corrected chi connectivity index (χ0v) is 17.9. The van der Waals surface area contributed by atoms with E-state index in [0.717, 1.165) is 16.8 Å². The Bertz CT molecular complexity index is 1200. The van der Waals surface area contributed by atoms with Crippen LogP contribution in [0.3, 0.4) is 0 Å². The summed E-state index contributed by atoms with van der Waals surface area (Å²) in [5, 5.41) is 0.592. The van der Waals surface area contributed by atoms with E-state index in [1.807, 2.05) is 66.7 Å². The number of amidine groups is 1. The predicted molar refractivity (Wildman–Crippen MR) is 125 cm³/mol. The molecule has 3 aromatic carbocycles. The van der Waals surface area contributed by atoms with Crippen LogP contribution in [-0.2, 0) is 9.59 Å². The van der Waals surface area contributed by atoms with Gasteiger partial charge in [-0.25, -0.2) is 4.99 Å². The molecule has 2 amide bonds. The summed E-state index contributed by atoms with van der Waals surface area (Å²) in [4.78, 5) is 32.8. The van der Waals surface area contributed by atoms with Gasteiger partial charge in [0.15, 0.2) is 0 Å². The minimum atomic E-state index is -0.230. The number of nitrogens with zero attached hydrogens (tertiary/aromatic N) is 3. The summed E-state index contributed by atoms with van der Waals surface area (Å²) in [6.07, 6.45) is 1.73. The number of hydrogen-bond donors (Lipinski definition) is 0. The molecule has 0 spiro atoms. The maximum Gasteiger partial charge on any atom is 0.282 e. The molecule has 1 aliphatic heterocycles. The van der Waals surface area contributed by atoms with Gasteiger partial charge in [0, 0.05) is 30.2 Å². The van der Waals surface area contributed by atoms with Gasteiger partial charge >= 0.3 is 0 Å².